The summed E-state index contributed by atoms with van der Waals surface area (Å²) in [7, 11) is 0. The van der Waals surface area contributed by atoms with Crippen molar-refractivity contribution in [3.8, 4) is 0 Å². The number of aromatic nitrogens is 1. The summed E-state index contributed by atoms with van der Waals surface area (Å²) in [5.41, 5.74) is 3.29. The summed E-state index contributed by atoms with van der Waals surface area (Å²) < 4.78 is 5.77. The lowest BCUT2D eigenvalue weighted by Gasteiger charge is -2.26. The van der Waals surface area contributed by atoms with Crippen LogP contribution in [-0.2, 0) is 22.5 Å². The molecule has 0 bridgehead atoms. The van der Waals surface area contributed by atoms with E-state index < -0.39 is 0 Å². The summed E-state index contributed by atoms with van der Waals surface area (Å²) in [6, 6.07) is 8.36. The number of rotatable bonds is 6. The fourth-order valence-corrected chi connectivity index (χ4v) is 4.15. The first-order chi connectivity index (χ1) is 12.0. The third-order valence-electron chi connectivity index (χ3n) is 4.57. The largest absolute Gasteiger partial charge is 0.376 e. The van der Waals surface area contributed by atoms with Crippen LogP contribution >= 0.6 is 11.3 Å². The highest BCUT2D eigenvalue weighted by atomic mass is 32.1. The van der Waals surface area contributed by atoms with Crippen molar-refractivity contribution in [3.05, 3.63) is 51.0 Å². The smallest absolute Gasteiger partial charge is 0.229 e. The second-order valence-electron chi connectivity index (χ2n) is 6.81. The lowest BCUT2D eigenvalue weighted by Crippen LogP contribution is -2.38. The molecule has 0 aliphatic carbocycles. The van der Waals surface area contributed by atoms with Gasteiger partial charge in [-0.1, -0.05) is 29.8 Å². The van der Waals surface area contributed by atoms with Crippen molar-refractivity contribution in [2.24, 2.45) is 0 Å². The Hall–Kier alpha value is -1.72. The summed E-state index contributed by atoms with van der Waals surface area (Å²) in [5.74, 6) is 0.130. The highest BCUT2D eigenvalue weighted by molar-refractivity contribution is 7.11. The molecule has 25 heavy (non-hydrogen) atoms. The van der Waals surface area contributed by atoms with Crippen molar-refractivity contribution in [1.82, 2.24) is 9.88 Å². The number of amides is 1. The molecule has 1 aromatic heterocycles. The summed E-state index contributed by atoms with van der Waals surface area (Å²) in [5, 5.41) is 1.02. The number of ether oxygens (including phenoxy) is 1. The van der Waals surface area contributed by atoms with Crippen LogP contribution in [0.4, 0.5) is 0 Å². The van der Waals surface area contributed by atoms with Crippen molar-refractivity contribution >= 4 is 17.2 Å². The van der Waals surface area contributed by atoms with Crippen LogP contribution in [0, 0.1) is 20.8 Å². The second kappa shape index (κ2) is 8.11. The van der Waals surface area contributed by atoms with E-state index in [1.54, 1.807) is 11.3 Å². The number of thiazole rings is 1. The number of carbonyl (C=O) groups excluding carboxylic acids is 1. The van der Waals surface area contributed by atoms with Gasteiger partial charge in [0.05, 0.1) is 23.2 Å². The van der Waals surface area contributed by atoms with E-state index in [1.807, 2.05) is 24.8 Å². The van der Waals surface area contributed by atoms with E-state index in [1.165, 1.54) is 5.56 Å². The Balaban J connectivity index is 1.74. The van der Waals surface area contributed by atoms with Crippen LogP contribution in [0.3, 0.4) is 0 Å². The van der Waals surface area contributed by atoms with Crippen LogP contribution in [0.2, 0.25) is 0 Å². The summed E-state index contributed by atoms with van der Waals surface area (Å²) >= 11 is 1.66. The molecule has 1 amide bonds. The molecule has 2 heterocycles. The van der Waals surface area contributed by atoms with Gasteiger partial charge in [0.25, 0.3) is 0 Å². The first kappa shape index (κ1) is 18.1. The first-order valence-electron chi connectivity index (χ1n) is 8.89. The molecule has 2 aromatic rings. The average molecular weight is 359 g/mol. The number of benzene rings is 1. The predicted molar refractivity (Wildman–Crippen MR) is 101 cm³/mol. The molecule has 0 saturated carbocycles. The summed E-state index contributed by atoms with van der Waals surface area (Å²) in [6.45, 7) is 8.21. The molecule has 0 unspecified atom stereocenters. The van der Waals surface area contributed by atoms with Crippen LogP contribution in [0.1, 0.15) is 39.5 Å². The third kappa shape index (κ3) is 4.89. The predicted octanol–water partition coefficient (Wildman–Crippen LogP) is 3.82. The quantitative estimate of drug-likeness (QED) is 0.788. The van der Waals surface area contributed by atoms with Crippen LogP contribution in [0.15, 0.2) is 24.3 Å². The molecule has 5 heteroatoms. The van der Waals surface area contributed by atoms with Gasteiger partial charge in [0, 0.05) is 24.6 Å². The molecule has 1 aliphatic heterocycles. The lowest BCUT2D eigenvalue weighted by molar-refractivity contribution is -0.132. The van der Waals surface area contributed by atoms with Gasteiger partial charge in [0.1, 0.15) is 0 Å². The standard InChI is InChI=1S/C20H26N2O2S/c1-14-6-4-7-17(10-14)12-22(13-18-8-5-9-24-18)20(23)11-19-15(2)25-16(3)21-19/h4,6-7,10,18H,5,8-9,11-13H2,1-3H3/t18-/m1/s1. The van der Waals surface area contributed by atoms with Gasteiger partial charge >= 0.3 is 0 Å². The van der Waals surface area contributed by atoms with Crippen molar-refractivity contribution in [1.29, 1.82) is 0 Å². The van der Waals surface area contributed by atoms with Crippen LogP contribution < -0.4 is 0 Å². The Morgan fingerprint density at radius 1 is 1.36 bits per heavy atom. The second-order valence-corrected chi connectivity index (χ2v) is 8.22. The van der Waals surface area contributed by atoms with E-state index in [-0.39, 0.29) is 12.0 Å². The van der Waals surface area contributed by atoms with Gasteiger partial charge in [-0.2, -0.15) is 0 Å². The minimum atomic E-state index is 0.130. The molecule has 1 aliphatic rings. The topological polar surface area (TPSA) is 42.4 Å². The van der Waals surface area contributed by atoms with Gasteiger partial charge in [-0.25, -0.2) is 4.98 Å². The molecule has 134 valence electrons. The number of carbonyl (C=O) groups is 1. The van der Waals surface area contributed by atoms with Gasteiger partial charge in [-0.05, 0) is 39.2 Å². The van der Waals surface area contributed by atoms with Crippen molar-refractivity contribution < 1.29 is 9.53 Å². The minimum Gasteiger partial charge on any atom is -0.376 e. The van der Waals surface area contributed by atoms with Crippen LogP contribution in [0.25, 0.3) is 0 Å². The molecule has 1 saturated heterocycles. The fraction of sp³-hybridized carbons (Fsp3) is 0.500. The zero-order valence-corrected chi connectivity index (χ0v) is 16.1. The third-order valence-corrected chi connectivity index (χ3v) is 5.50. The molecule has 0 N–H and O–H groups in total. The number of hydrogen-bond acceptors (Lipinski definition) is 4. The van der Waals surface area contributed by atoms with E-state index in [0.29, 0.717) is 19.5 Å². The maximum Gasteiger partial charge on any atom is 0.229 e. The van der Waals surface area contributed by atoms with Crippen molar-refractivity contribution in [3.63, 3.8) is 0 Å². The Morgan fingerprint density at radius 2 is 2.20 bits per heavy atom. The van der Waals surface area contributed by atoms with E-state index in [9.17, 15) is 4.79 Å². The minimum absolute atomic E-state index is 0.130. The highest BCUT2D eigenvalue weighted by Gasteiger charge is 2.24. The van der Waals surface area contributed by atoms with Gasteiger partial charge in [0.15, 0.2) is 0 Å². The number of hydrogen-bond donors (Lipinski definition) is 0. The van der Waals surface area contributed by atoms with Crippen molar-refractivity contribution in [2.45, 2.75) is 52.7 Å². The zero-order valence-electron chi connectivity index (χ0n) is 15.2. The zero-order chi connectivity index (χ0) is 17.8. The maximum atomic E-state index is 13.0. The number of aryl methyl sites for hydroxylation is 3. The molecule has 3 rings (SSSR count). The first-order valence-corrected chi connectivity index (χ1v) is 9.71. The van der Waals surface area contributed by atoms with E-state index in [2.05, 4.69) is 30.1 Å². The van der Waals surface area contributed by atoms with Crippen molar-refractivity contribution in [2.75, 3.05) is 13.2 Å². The Bertz CT molecular complexity index is 735. The molecule has 1 aromatic carbocycles. The van der Waals surface area contributed by atoms with Crippen LogP contribution in [-0.4, -0.2) is 35.0 Å². The summed E-state index contributed by atoms with van der Waals surface area (Å²) in [4.78, 5) is 20.6. The molecule has 0 radical (unpaired) electrons. The molecule has 0 spiro atoms. The highest BCUT2D eigenvalue weighted by Crippen LogP contribution is 2.20. The SMILES string of the molecule is Cc1cccc(CN(C[C@H]2CCCO2)C(=O)Cc2nc(C)sc2C)c1. The fourth-order valence-electron chi connectivity index (χ4n) is 3.31. The van der Waals surface area contributed by atoms with E-state index in [0.717, 1.165) is 40.6 Å². The normalized spacial score (nSPS) is 17.0. The monoisotopic (exact) mass is 358 g/mol. The Morgan fingerprint density at radius 3 is 2.84 bits per heavy atom. The van der Waals surface area contributed by atoms with Gasteiger partial charge in [-0.3, -0.25) is 4.79 Å². The maximum absolute atomic E-state index is 13.0. The van der Waals surface area contributed by atoms with Gasteiger partial charge in [-0.15, -0.1) is 11.3 Å². The lowest BCUT2D eigenvalue weighted by atomic mass is 10.1. The molecule has 1 fully saturated rings. The molecular weight excluding hydrogens is 332 g/mol. The van der Waals surface area contributed by atoms with Gasteiger partial charge in [0.2, 0.25) is 5.91 Å². The molecule has 4 nitrogen and oxygen atoms in total. The molecule has 1 atom stereocenters. The Kier molecular flexibility index (Phi) is 5.86. The average Bonchev–Trinajstić information content (AvgIpc) is 3.16. The van der Waals surface area contributed by atoms with E-state index >= 15 is 0 Å². The van der Waals surface area contributed by atoms with Crippen LogP contribution in [0.5, 0.6) is 0 Å². The van der Waals surface area contributed by atoms with E-state index in [4.69, 9.17) is 4.74 Å². The molecular formula is C20H26N2O2S. The summed E-state index contributed by atoms with van der Waals surface area (Å²) in [6.07, 6.45) is 2.65. The Labute approximate surface area is 153 Å². The van der Waals surface area contributed by atoms with Gasteiger partial charge < -0.3 is 9.64 Å². The number of nitrogens with zero attached hydrogens (tertiary/aromatic N) is 2.